The molecule has 0 heterocycles. The van der Waals surface area contributed by atoms with Crippen molar-refractivity contribution in [3.63, 3.8) is 0 Å². The largest absolute Gasteiger partial charge is 0.328 e. The van der Waals surface area contributed by atoms with E-state index in [-0.39, 0.29) is 5.60 Å². The minimum atomic E-state index is -2.34. The van der Waals surface area contributed by atoms with Gasteiger partial charge in [0.2, 0.25) is 0 Å². The van der Waals surface area contributed by atoms with Crippen LogP contribution in [0.1, 0.15) is 173 Å². The first-order valence-electron chi connectivity index (χ1n) is 16.1. The Hall–Kier alpha value is 0.310. The molecular formula is C31H59O3P. The maximum absolute atomic E-state index is 10.6. The Morgan fingerprint density at radius 3 is 0.771 bits per heavy atom. The molecule has 0 aromatic heterocycles. The summed E-state index contributed by atoms with van der Waals surface area (Å²) in [5.74, 6) is 1.47. The summed E-state index contributed by atoms with van der Waals surface area (Å²) >= 11 is 0. The Labute approximate surface area is 219 Å². The number of rotatable bonds is 5. The average molecular weight is 511 g/mol. The maximum Gasteiger partial charge on any atom is 0.327 e. The van der Waals surface area contributed by atoms with Gasteiger partial charge in [0.1, 0.15) is 0 Å². The molecule has 206 valence electrons. The van der Waals surface area contributed by atoms with Crippen LogP contribution in [0.15, 0.2) is 0 Å². The first kappa shape index (κ1) is 29.9. The summed E-state index contributed by atoms with van der Waals surface area (Å²) in [5.41, 5.74) is -0.327. The van der Waals surface area contributed by atoms with Crippen LogP contribution in [0, 0.1) is 17.8 Å². The molecule has 0 atom stereocenters. The van der Waals surface area contributed by atoms with E-state index < -0.39 is 8.60 Å². The highest BCUT2D eigenvalue weighted by Crippen LogP contribution is 2.55. The molecule has 3 aliphatic rings. The molecule has 0 radical (unpaired) electrons. The van der Waals surface area contributed by atoms with Gasteiger partial charge in [-0.15, -0.1) is 0 Å². The van der Waals surface area contributed by atoms with Gasteiger partial charge in [-0.3, -0.25) is 0 Å². The van der Waals surface area contributed by atoms with Crippen molar-refractivity contribution >= 4 is 8.60 Å². The lowest BCUT2D eigenvalue weighted by molar-refractivity contribution is -0.117. The summed E-state index contributed by atoms with van der Waals surface area (Å²) in [6.07, 6.45) is 35.7. The molecule has 3 saturated carbocycles. The second kappa shape index (κ2) is 17.8. The molecule has 2 N–H and O–H groups in total. The minimum Gasteiger partial charge on any atom is -0.328 e. The van der Waals surface area contributed by atoms with Crippen LogP contribution in [-0.4, -0.2) is 15.4 Å². The Kier molecular flexibility index (Phi) is 15.1. The van der Waals surface area contributed by atoms with E-state index in [1.165, 1.54) is 173 Å². The van der Waals surface area contributed by atoms with Gasteiger partial charge < -0.3 is 14.3 Å². The molecule has 0 unspecified atom stereocenters. The van der Waals surface area contributed by atoms with Crippen molar-refractivity contribution < 1.29 is 14.3 Å². The fourth-order valence-corrected chi connectivity index (χ4v) is 8.88. The van der Waals surface area contributed by atoms with Crippen molar-refractivity contribution in [3.8, 4) is 0 Å². The van der Waals surface area contributed by atoms with Crippen molar-refractivity contribution in [1.82, 2.24) is 0 Å². The van der Waals surface area contributed by atoms with Gasteiger partial charge in [0.05, 0.1) is 5.60 Å². The van der Waals surface area contributed by atoms with Crippen LogP contribution in [-0.2, 0) is 4.52 Å². The fraction of sp³-hybridized carbons (Fsp3) is 1.00. The third-order valence-corrected chi connectivity index (χ3v) is 10.4. The molecule has 3 nitrogen and oxygen atoms in total. The summed E-state index contributed by atoms with van der Waals surface area (Å²) in [7, 11) is -2.34. The Bertz CT molecular complexity index is 431. The smallest absolute Gasteiger partial charge is 0.327 e. The topological polar surface area (TPSA) is 49.7 Å². The number of hydrogen-bond donors (Lipinski definition) is 2. The first-order chi connectivity index (χ1) is 17.2. The van der Waals surface area contributed by atoms with Gasteiger partial charge in [-0.25, -0.2) is 0 Å². The lowest BCUT2D eigenvalue weighted by Gasteiger charge is -2.52. The summed E-state index contributed by atoms with van der Waals surface area (Å²) < 4.78 is 6.74. The van der Waals surface area contributed by atoms with Crippen molar-refractivity contribution in [2.24, 2.45) is 17.8 Å². The van der Waals surface area contributed by atoms with E-state index in [1.807, 2.05) is 0 Å². The first-order valence-corrected chi connectivity index (χ1v) is 17.3. The normalized spacial score (nSPS) is 25.8. The van der Waals surface area contributed by atoms with Gasteiger partial charge in [-0.2, -0.15) is 0 Å². The lowest BCUT2D eigenvalue weighted by Crippen LogP contribution is -2.53. The molecule has 0 bridgehead atoms. The molecule has 3 aliphatic carbocycles. The summed E-state index contributed by atoms with van der Waals surface area (Å²) in [4.78, 5) is 21.1. The summed E-state index contributed by atoms with van der Waals surface area (Å²) in [6, 6.07) is 0. The van der Waals surface area contributed by atoms with Gasteiger partial charge in [0.25, 0.3) is 0 Å². The van der Waals surface area contributed by atoms with Crippen LogP contribution in [0.2, 0.25) is 0 Å². The zero-order valence-corrected chi connectivity index (χ0v) is 24.0. The summed E-state index contributed by atoms with van der Waals surface area (Å²) in [6.45, 7) is 0. The molecule has 35 heavy (non-hydrogen) atoms. The molecule has 0 aromatic rings. The molecule has 0 saturated heterocycles. The van der Waals surface area contributed by atoms with Crippen LogP contribution in [0.4, 0.5) is 0 Å². The lowest BCUT2D eigenvalue weighted by atomic mass is 9.61. The van der Waals surface area contributed by atoms with E-state index in [9.17, 15) is 9.79 Å². The van der Waals surface area contributed by atoms with Gasteiger partial charge in [0, 0.05) is 0 Å². The van der Waals surface area contributed by atoms with E-state index in [0.29, 0.717) is 17.8 Å². The van der Waals surface area contributed by atoms with Gasteiger partial charge >= 0.3 is 8.60 Å². The Balaban J connectivity index is 1.97. The van der Waals surface area contributed by atoms with Crippen LogP contribution in [0.3, 0.4) is 0 Å². The molecule has 0 aliphatic heterocycles. The standard InChI is InChI=1S/C31H59O3P/c32-35(33)34-31(28-22-16-10-4-1-5-11-17-23-28,29-24-18-12-6-2-7-13-19-25-29)30-26-20-14-8-3-9-15-21-27-30/h28-30,32-33H,1-27H2. The van der Waals surface area contributed by atoms with Crippen molar-refractivity contribution in [3.05, 3.63) is 0 Å². The molecular weight excluding hydrogens is 451 g/mol. The quantitative estimate of drug-likeness (QED) is 0.362. The van der Waals surface area contributed by atoms with E-state index in [2.05, 4.69) is 0 Å². The van der Waals surface area contributed by atoms with Crippen LogP contribution < -0.4 is 0 Å². The van der Waals surface area contributed by atoms with E-state index in [4.69, 9.17) is 4.52 Å². The molecule has 0 aromatic carbocycles. The third kappa shape index (κ3) is 10.2. The third-order valence-electron chi connectivity index (χ3n) is 9.97. The SMILES string of the molecule is OP(O)OC(C1CCCCCCCCC1)(C1CCCCCCCCC1)C1CCCCCCCCC1. The second-order valence-corrected chi connectivity index (χ2v) is 13.1. The monoisotopic (exact) mass is 510 g/mol. The predicted molar refractivity (Wildman–Crippen MR) is 150 cm³/mol. The van der Waals surface area contributed by atoms with E-state index in [1.54, 1.807) is 0 Å². The molecule has 3 fully saturated rings. The average Bonchev–Trinajstić information content (AvgIpc) is 2.87. The second-order valence-electron chi connectivity index (χ2n) is 12.4. The van der Waals surface area contributed by atoms with Gasteiger partial charge in [-0.05, 0) is 56.3 Å². The molecule has 0 amide bonds. The zero-order valence-electron chi connectivity index (χ0n) is 23.1. The van der Waals surface area contributed by atoms with Crippen molar-refractivity contribution in [2.75, 3.05) is 0 Å². The maximum atomic E-state index is 10.6. The predicted octanol–water partition coefficient (Wildman–Crippen LogP) is 10.4. The molecule has 0 spiro atoms. The highest BCUT2D eigenvalue weighted by molar-refractivity contribution is 7.39. The Morgan fingerprint density at radius 2 is 0.571 bits per heavy atom. The van der Waals surface area contributed by atoms with E-state index >= 15 is 0 Å². The van der Waals surface area contributed by atoms with Gasteiger partial charge in [-0.1, -0.05) is 135 Å². The Morgan fingerprint density at radius 1 is 0.371 bits per heavy atom. The number of hydrogen-bond acceptors (Lipinski definition) is 3. The highest BCUT2D eigenvalue weighted by atomic mass is 31.2. The van der Waals surface area contributed by atoms with Crippen LogP contribution in [0.5, 0.6) is 0 Å². The molecule has 3 rings (SSSR count). The summed E-state index contributed by atoms with van der Waals surface area (Å²) in [5, 5.41) is 0. The van der Waals surface area contributed by atoms with Gasteiger partial charge in [0.15, 0.2) is 0 Å². The highest BCUT2D eigenvalue weighted by Gasteiger charge is 2.52. The molecule has 4 heteroatoms. The van der Waals surface area contributed by atoms with Crippen molar-refractivity contribution in [1.29, 1.82) is 0 Å². The zero-order chi connectivity index (χ0) is 24.6. The van der Waals surface area contributed by atoms with Crippen LogP contribution >= 0.6 is 8.60 Å². The van der Waals surface area contributed by atoms with Crippen LogP contribution in [0.25, 0.3) is 0 Å². The van der Waals surface area contributed by atoms with E-state index in [0.717, 1.165) is 0 Å². The fourth-order valence-electron chi connectivity index (χ4n) is 8.15. The van der Waals surface area contributed by atoms with Crippen molar-refractivity contribution in [2.45, 2.75) is 179 Å². The minimum absolute atomic E-state index is 0.327.